The zero-order valence-corrected chi connectivity index (χ0v) is 12.4. The molecule has 19 heavy (non-hydrogen) atoms. The van der Waals surface area contributed by atoms with Gasteiger partial charge in [0.05, 0.1) is 4.90 Å². The van der Waals surface area contributed by atoms with Gasteiger partial charge < -0.3 is 5.32 Å². The molecule has 5 heteroatoms. The molecule has 0 atom stereocenters. The fraction of sp³-hybridized carbons (Fsp3) is 0.286. The van der Waals surface area contributed by atoms with Gasteiger partial charge in [0, 0.05) is 12.8 Å². The normalized spacial score (nSPS) is 11.6. The molecule has 0 amide bonds. The minimum Gasteiger partial charge on any atom is -0.312 e. The Hall–Kier alpha value is -1.17. The molecule has 1 aromatic carbocycles. The van der Waals surface area contributed by atoms with Crippen molar-refractivity contribution in [2.24, 2.45) is 0 Å². The first kappa shape index (κ1) is 14.2. The Labute approximate surface area is 118 Å². The van der Waals surface area contributed by atoms with Crippen molar-refractivity contribution in [2.75, 3.05) is 12.8 Å². The lowest BCUT2D eigenvalue weighted by molar-refractivity contribution is 0.601. The molecule has 0 saturated heterocycles. The summed E-state index contributed by atoms with van der Waals surface area (Å²) in [6, 6.07) is 9.16. The fourth-order valence-corrected chi connectivity index (χ4v) is 3.09. The van der Waals surface area contributed by atoms with Crippen molar-refractivity contribution in [1.82, 2.24) is 5.32 Å². The van der Waals surface area contributed by atoms with E-state index in [0.717, 1.165) is 25.1 Å². The number of hydrogen-bond donors (Lipinski definition) is 1. The molecule has 3 nitrogen and oxygen atoms in total. The summed E-state index contributed by atoms with van der Waals surface area (Å²) in [5, 5.41) is 7.59. The SMILES string of the molecule is CS(=O)(=O)c1ccc(CNCCc2ccsc2)cc1. The monoisotopic (exact) mass is 295 g/mol. The van der Waals surface area contributed by atoms with E-state index in [1.54, 1.807) is 23.5 Å². The van der Waals surface area contributed by atoms with Crippen LogP contribution in [0.4, 0.5) is 0 Å². The molecule has 0 saturated carbocycles. The molecule has 0 aliphatic heterocycles. The number of sulfone groups is 1. The van der Waals surface area contributed by atoms with Crippen LogP contribution in [0.5, 0.6) is 0 Å². The average molecular weight is 295 g/mol. The first-order chi connectivity index (χ1) is 9.05. The lowest BCUT2D eigenvalue weighted by Crippen LogP contribution is -2.16. The van der Waals surface area contributed by atoms with Crippen molar-refractivity contribution in [3.05, 3.63) is 52.2 Å². The molecule has 2 aromatic rings. The van der Waals surface area contributed by atoms with Gasteiger partial charge in [-0.15, -0.1) is 0 Å². The van der Waals surface area contributed by atoms with Crippen LogP contribution in [0.25, 0.3) is 0 Å². The number of rotatable bonds is 6. The lowest BCUT2D eigenvalue weighted by atomic mass is 10.2. The van der Waals surface area contributed by atoms with Gasteiger partial charge in [0.1, 0.15) is 0 Å². The number of thiophene rings is 1. The predicted octanol–water partition coefficient (Wildman–Crippen LogP) is 2.48. The lowest BCUT2D eigenvalue weighted by Gasteiger charge is -2.05. The standard InChI is InChI=1S/C14H17NO2S2/c1-19(16,17)14-4-2-12(3-5-14)10-15-8-6-13-7-9-18-11-13/h2-5,7,9,11,15H,6,8,10H2,1H3. The maximum atomic E-state index is 11.3. The van der Waals surface area contributed by atoms with Gasteiger partial charge in [-0.1, -0.05) is 12.1 Å². The van der Waals surface area contributed by atoms with Crippen LogP contribution in [-0.2, 0) is 22.8 Å². The number of benzene rings is 1. The molecular formula is C14H17NO2S2. The molecule has 1 aromatic heterocycles. The van der Waals surface area contributed by atoms with Gasteiger partial charge in [-0.3, -0.25) is 0 Å². The molecule has 0 aliphatic rings. The molecule has 0 unspecified atom stereocenters. The highest BCUT2D eigenvalue weighted by Gasteiger charge is 2.05. The van der Waals surface area contributed by atoms with Crippen LogP contribution in [0.1, 0.15) is 11.1 Å². The highest BCUT2D eigenvalue weighted by atomic mass is 32.2. The van der Waals surface area contributed by atoms with Gasteiger partial charge in [-0.2, -0.15) is 11.3 Å². The molecule has 0 fully saturated rings. The topological polar surface area (TPSA) is 46.2 Å². The van der Waals surface area contributed by atoms with Crippen LogP contribution >= 0.6 is 11.3 Å². The van der Waals surface area contributed by atoms with Crippen molar-refractivity contribution >= 4 is 21.2 Å². The summed E-state index contributed by atoms with van der Waals surface area (Å²) in [6.07, 6.45) is 2.24. The molecule has 1 N–H and O–H groups in total. The summed E-state index contributed by atoms with van der Waals surface area (Å²) in [6.45, 7) is 1.68. The van der Waals surface area contributed by atoms with E-state index in [1.807, 2.05) is 12.1 Å². The molecule has 0 aliphatic carbocycles. The summed E-state index contributed by atoms with van der Waals surface area (Å²) < 4.78 is 22.6. The highest BCUT2D eigenvalue weighted by molar-refractivity contribution is 7.90. The van der Waals surface area contributed by atoms with E-state index in [9.17, 15) is 8.42 Å². The third-order valence-corrected chi connectivity index (χ3v) is 4.71. The Morgan fingerprint density at radius 1 is 1.11 bits per heavy atom. The van der Waals surface area contributed by atoms with Gasteiger partial charge in [0.2, 0.25) is 0 Å². The maximum Gasteiger partial charge on any atom is 0.175 e. The fourth-order valence-electron chi connectivity index (χ4n) is 1.75. The van der Waals surface area contributed by atoms with E-state index in [-0.39, 0.29) is 0 Å². The number of hydrogen-bond acceptors (Lipinski definition) is 4. The second kappa shape index (κ2) is 6.32. The summed E-state index contributed by atoms with van der Waals surface area (Å²) >= 11 is 1.71. The van der Waals surface area contributed by atoms with E-state index in [0.29, 0.717) is 4.90 Å². The third kappa shape index (κ3) is 4.45. The van der Waals surface area contributed by atoms with Gasteiger partial charge in [-0.25, -0.2) is 8.42 Å². The molecule has 0 radical (unpaired) electrons. The molecule has 2 rings (SSSR count). The van der Waals surface area contributed by atoms with Crippen LogP contribution < -0.4 is 5.32 Å². The number of nitrogens with one attached hydrogen (secondary N) is 1. The van der Waals surface area contributed by atoms with Gasteiger partial charge in [0.15, 0.2) is 9.84 Å². The second-order valence-electron chi connectivity index (χ2n) is 4.47. The Morgan fingerprint density at radius 2 is 1.84 bits per heavy atom. The van der Waals surface area contributed by atoms with Crippen LogP contribution in [-0.4, -0.2) is 21.2 Å². The van der Waals surface area contributed by atoms with Crippen molar-refractivity contribution in [3.63, 3.8) is 0 Å². The second-order valence-corrected chi connectivity index (χ2v) is 7.27. The van der Waals surface area contributed by atoms with E-state index < -0.39 is 9.84 Å². The zero-order valence-electron chi connectivity index (χ0n) is 10.8. The summed E-state index contributed by atoms with van der Waals surface area (Å²) in [5.41, 5.74) is 2.45. The molecule has 102 valence electrons. The van der Waals surface area contributed by atoms with Crippen LogP contribution in [0, 0.1) is 0 Å². The van der Waals surface area contributed by atoms with E-state index >= 15 is 0 Å². The Bertz CT molecular complexity index is 601. The summed E-state index contributed by atoms with van der Waals surface area (Å²) in [5.74, 6) is 0. The van der Waals surface area contributed by atoms with Crippen molar-refractivity contribution < 1.29 is 8.42 Å². The molecular weight excluding hydrogens is 278 g/mol. The van der Waals surface area contributed by atoms with E-state index in [4.69, 9.17) is 0 Å². The molecule has 0 spiro atoms. The first-order valence-electron chi connectivity index (χ1n) is 6.06. The van der Waals surface area contributed by atoms with Crippen LogP contribution in [0.15, 0.2) is 46.0 Å². The first-order valence-corrected chi connectivity index (χ1v) is 8.90. The van der Waals surface area contributed by atoms with Crippen LogP contribution in [0.3, 0.4) is 0 Å². The molecule has 1 heterocycles. The van der Waals surface area contributed by atoms with Gasteiger partial charge >= 0.3 is 0 Å². The summed E-state index contributed by atoms with van der Waals surface area (Å²) in [4.78, 5) is 0.370. The highest BCUT2D eigenvalue weighted by Crippen LogP contribution is 2.10. The van der Waals surface area contributed by atoms with Gasteiger partial charge in [0.25, 0.3) is 0 Å². The molecule has 0 bridgehead atoms. The minimum atomic E-state index is -3.09. The van der Waals surface area contributed by atoms with Crippen LogP contribution in [0.2, 0.25) is 0 Å². The Kier molecular flexibility index (Phi) is 4.74. The van der Waals surface area contributed by atoms with E-state index in [2.05, 4.69) is 22.1 Å². The smallest absolute Gasteiger partial charge is 0.175 e. The van der Waals surface area contributed by atoms with Gasteiger partial charge in [-0.05, 0) is 53.1 Å². The average Bonchev–Trinajstić information content (AvgIpc) is 2.87. The van der Waals surface area contributed by atoms with Crippen molar-refractivity contribution in [2.45, 2.75) is 17.9 Å². The van der Waals surface area contributed by atoms with E-state index in [1.165, 1.54) is 11.8 Å². The summed E-state index contributed by atoms with van der Waals surface area (Å²) in [7, 11) is -3.09. The predicted molar refractivity (Wildman–Crippen MR) is 79.3 cm³/mol. The zero-order chi connectivity index (χ0) is 13.7. The maximum absolute atomic E-state index is 11.3. The van der Waals surface area contributed by atoms with Crippen molar-refractivity contribution in [3.8, 4) is 0 Å². The Balaban J connectivity index is 1.80. The Morgan fingerprint density at radius 3 is 2.42 bits per heavy atom. The minimum absolute atomic E-state index is 0.370. The third-order valence-electron chi connectivity index (χ3n) is 2.85. The van der Waals surface area contributed by atoms with Crippen molar-refractivity contribution in [1.29, 1.82) is 0 Å². The largest absolute Gasteiger partial charge is 0.312 e. The quantitative estimate of drug-likeness (QED) is 0.833.